The average molecular weight is 423 g/mol. The molecular formula is C18H22FN5O4S. The molecule has 11 heteroatoms. The van der Waals surface area contributed by atoms with E-state index in [-0.39, 0.29) is 18.0 Å². The van der Waals surface area contributed by atoms with Crippen molar-refractivity contribution in [3.8, 4) is 0 Å². The van der Waals surface area contributed by atoms with Gasteiger partial charge in [0.1, 0.15) is 18.4 Å². The highest BCUT2D eigenvalue weighted by Crippen LogP contribution is 2.26. The second-order valence-corrected chi connectivity index (χ2v) is 8.74. The third-order valence-corrected chi connectivity index (χ3v) is 6.57. The van der Waals surface area contributed by atoms with Crippen LogP contribution in [0.3, 0.4) is 0 Å². The number of aromatic nitrogens is 2. The van der Waals surface area contributed by atoms with Gasteiger partial charge in [0, 0.05) is 12.2 Å². The Morgan fingerprint density at radius 3 is 2.52 bits per heavy atom. The van der Waals surface area contributed by atoms with E-state index in [1.165, 1.54) is 4.68 Å². The predicted octanol–water partition coefficient (Wildman–Crippen LogP) is 0.640. The summed E-state index contributed by atoms with van der Waals surface area (Å²) in [7, 11) is -3.96. The van der Waals surface area contributed by atoms with Crippen molar-refractivity contribution < 1.29 is 22.4 Å². The first-order valence-electron chi connectivity index (χ1n) is 9.05. The average Bonchev–Trinajstić information content (AvgIpc) is 3.27. The number of hydrazine groups is 1. The minimum atomic E-state index is -3.96. The Bertz CT molecular complexity index is 1020. The molecule has 0 spiro atoms. The van der Waals surface area contributed by atoms with Gasteiger partial charge in [-0.05, 0) is 57.0 Å². The number of hydrogen-bond donors (Lipinski definition) is 2. The van der Waals surface area contributed by atoms with Gasteiger partial charge in [0.2, 0.25) is 10.0 Å². The van der Waals surface area contributed by atoms with Crippen LogP contribution in [0, 0.1) is 19.7 Å². The van der Waals surface area contributed by atoms with Gasteiger partial charge in [0.15, 0.2) is 0 Å². The Kier molecular flexibility index (Phi) is 5.99. The first-order chi connectivity index (χ1) is 13.7. The zero-order valence-corrected chi connectivity index (χ0v) is 16.9. The Balaban J connectivity index is 1.63. The highest BCUT2D eigenvalue weighted by atomic mass is 32.2. The van der Waals surface area contributed by atoms with E-state index in [9.17, 15) is 22.4 Å². The number of nitrogens with one attached hydrogen (secondary N) is 2. The van der Waals surface area contributed by atoms with Crippen molar-refractivity contribution in [3.63, 3.8) is 0 Å². The van der Waals surface area contributed by atoms with Gasteiger partial charge in [-0.2, -0.15) is 9.40 Å². The monoisotopic (exact) mass is 423 g/mol. The molecule has 3 rings (SSSR count). The van der Waals surface area contributed by atoms with Gasteiger partial charge in [-0.1, -0.05) is 0 Å². The van der Waals surface area contributed by atoms with Crippen LogP contribution in [-0.2, 0) is 26.2 Å². The van der Waals surface area contributed by atoms with E-state index in [0.29, 0.717) is 12.8 Å². The van der Waals surface area contributed by atoms with Crippen LogP contribution in [0.4, 0.5) is 4.39 Å². The smallest absolute Gasteiger partial charge is 0.260 e. The number of rotatable bonds is 5. The summed E-state index contributed by atoms with van der Waals surface area (Å²) in [5.74, 6) is -1.67. The molecule has 1 saturated heterocycles. The Labute approximate surface area is 167 Å². The van der Waals surface area contributed by atoms with E-state index in [1.807, 2.05) is 13.0 Å². The molecule has 1 aromatic heterocycles. The molecule has 2 aromatic rings. The van der Waals surface area contributed by atoms with Crippen molar-refractivity contribution in [1.29, 1.82) is 0 Å². The van der Waals surface area contributed by atoms with E-state index in [2.05, 4.69) is 16.0 Å². The molecule has 1 aliphatic heterocycles. The van der Waals surface area contributed by atoms with E-state index < -0.39 is 33.7 Å². The van der Waals surface area contributed by atoms with Crippen LogP contribution in [0.5, 0.6) is 0 Å². The first kappa shape index (κ1) is 20.9. The molecule has 1 unspecified atom stereocenters. The van der Waals surface area contributed by atoms with Crippen LogP contribution in [0.2, 0.25) is 0 Å². The summed E-state index contributed by atoms with van der Waals surface area (Å²) >= 11 is 0. The van der Waals surface area contributed by atoms with Crippen LogP contribution in [0.1, 0.15) is 24.2 Å². The lowest BCUT2D eigenvalue weighted by Crippen LogP contribution is -2.52. The summed E-state index contributed by atoms with van der Waals surface area (Å²) in [5, 5.41) is 4.17. The molecule has 0 bridgehead atoms. The standard InChI is InChI=1S/C18H22FN5O4S/c1-12-10-13(2)23(22-12)11-17(25)20-21-18(26)16-4-3-9-24(16)29(27,28)15-7-5-14(19)6-8-15/h5-8,10,16H,3-4,9,11H2,1-2H3,(H,20,25)(H,21,26). The fraction of sp³-hybridized carbons (Fsp3) is 0.389. The van der Waals surface area contributed by atoms with Crippen molar-refractivity contribution in [1.82, 2.24) is 24.9 Å². The number of aryl methyl sites for hydroxylation is 2. The number of carbonyl (C=O) groups excluding carboxylic acids is 2. The minimum absolute atomic E-state index is 0.0811. The summed E-state index contributed by atoms with van der Waals surface area (Å²) in [6.07, 6.45) is 0.817. The Morgan fingerprint density at radius 1 is 1.21 bits per heavy atom. The quantitative estimate of drug-likeness (QED) is 0.686. The molecule has 0 saturated carbocycles. The molecule has 1 aliphatic rings. The van der Waals surface area contributed by atoms with Crippen LogP contribution in [0.25, 0.3) is 0 Å². The highest BCUT2D eigenvalue weighted by molar-refractivity contribution is 7.89. The molecule has 2 N–H and O–H groups in total. The van der Waals surface area contributed by atoms with Crippen LogP contribution < -0.4 is 10.9 Å². The van der Waals surface area contributed by atoms with Gasteiger partial charge in [-0.3, -0.25) is 25.1 Å². The molecule has 29 heavy (non-hydrogen) atoms. The maximum absolute atomic E-state index is 13.1. The second-order valence-electron chi connectivity index (χ2n) is 6.85. The normalized spacial score (nSPS) is 17.3. The molecule has 9 nitrogen and oxygen atoms in total. The molecule has 1 fully saturated rings. The molecule has 0 radical (unpaired) electrons. The maximum Gasteiger partial charge on any atom is 0.260 e. The highest BCUT2D eigenvalue weighted by Gasteiger charge is 2.39. The van der Waals surface area contributed by atoms with Crippen LogP contribution in [0.15, 0.2) is 35.2 Å². The molecule has 156 valence electrons. The first-order valence-corrected chi connectivity index (χ1v) is 10.5. The molecule has 1 aromatic carbocycles. The van der Waals surface area contributed by atoms with Gasteiger partial charge in [-0.15, -0.1) is 0 Å². The second kappa shape index (κ2) is 8.29. The fourth-order valence-electron chi connectivity index (χ4n) is 3.26. The Hall–Kier alpha value is -2.79. The molecule has 2 heterocycles. The zero-order chi connectivity index (χ0) is 21.2. The number of hydrogen-bond acceptors (Lipinski definition) is 5. The van der Waals surface area contributed by atoms with Crippen molar-refractivity contribution in [2.75, 3.05) is 6.54 Å². The van der Waals surface area contributed by atoms with E-state index in [4.69, 9.17) is 0 Å². The van der Waals surface area contributed by atoms with E-state index in [1.54, 1.807) is 6.92 Å². The van der Waals surface area contributed by atoms with E-state index >= 15 is 0 Å². The van der Waals surface area contributed by atoms with Crippen molar-refractivity contribution in [3.05, 3.63) is 47.5 Å². The van der Waals surface area contributed by atoms with Gasteiger partial charge in [0.05, 0.1) is 10.6 Å². The molecule has 2 amide bonds. The van der Waals surface area contributed by atoms with Gasteiger partial charge in [0.25, 0.3) is 11.8 Å². The summed E-state index contributed by atoms with van der Waals surface area (Å²) in [4.78, 5) is 24.5. The lowest BCUT2D eigenvalue weighted by molar-refractivity contribution is -0.131. The summed E-state index contributed by atoms with van der Waals surface area (Å²) in [6, 6.07) is 5.29. The lowest BCUT2D eigenvalue weighted by Gasteiger charge is -2.23. The molecule has 0 aliphatic carbocycles. The molecule has 1 atom stereocenters. The minimum Gasteiger partial charge on any atom is -0.271 e. The third kappa shape index (κ3) is 4.62. The van der Waals surface area contributed by atoms with E-state index in [0.717, 1.165) is 40.0 Å². The maximum atomic E-state index is 13.1. The summed E-state index contributed by atoms with van der Waals surface area (Å²) in [5.41, 5.74) is 6.15. The number of nitrogens with zero attached hydrogens (tertiary/aromatic N) is 3. The topological polar surface area (TPSA) is 113 Å². The summed E-state index contributed by atoms with van der Waals surface area (Å²) in [6.45, 7) is 3.70. The number of sulfonamides is 1. The Morgan fingerprint density at radius 2 is 1.90 bits per heavy atom. The fourth-order valence-corrected chi connectivity index (χ4v) is 4.91. The van der Waals surface area contributed by atoms with Crippen LogP contribution >= 0.6 is 0 Å². The number of carbonyl (C=O) groups is 2. The number of halogens is 1. The number of benzene rings is 1. The molecular weight excluding hydrogens is 401 g/mol. The predicted molar refractivity (Wildman–Crippen MR) is 101 cm³/mol. The SMILES string of the molecule is Cc1cc(C)n(CC(=O)NNC(=O)C2CCCN2S(=O)(=O)c2ccc(F)cc2)n1. The van der Waals surface area contributed by atoms with Crippen molar-refractivity contribution >= 4 is 21.8 Å². The lowest BCUT2D eigenvalue weighted by atomic mass is 10.2. The zero-order valence-electron chi connectivity index (χ0n) is 16.1. The van der Waals surface area contributed by atoms with Crippen molar-refractivity contribution in [2.45, 2.75) is 44.2 Å². The van der Waals surface area contributed by atoms with Crippen LogP contribution in [-0.4, -0.2) is 46.9 Å². The largest absolute Gasteiger partial charge is 0.271 e. The van der Waals surface area contributed by atoms with Crippen molar-refractivity contribution in [2.24, 2.45) is 0 Å². The van der Waals surface area contributed by atoms with Gasteiger partial charge in [-0.25, -0.2) is 12.8 Å². The van der Waals surface area contributed by atoms with Gasteiger partial charge < -0.3 is 0 Å². The number of amides is 2. The van der Waals surface area contributed by atoms with Gasteiger partial charge >= 0.3 is 0 Å². The summed E-state index contributed by atoms with van der Waals surface area (Å²) < 4.78 is 41.3. The third-order valence-electron chi connectivity index (χ3n) is 4.65.